The van der Waals surface area contributed by atoms with Gasteiger partial charge < -0.3 is 14.7 Å². The average molecular weight is 563 g/mol. The van der Waals surface area contributed by atoms with Crippen LogP contribution >= 0.6 is 23.2 Å². The molecule has 0 bridgehead atoms. The maximum atomic E-state index is 14.5. The minimum Gasteiger partial charge on any atom is -0.394 e. The third kappa shape index (κ3) is 7.27. The smallest absolute Gasteiger partial charge is 0.232 e. The van der Waals surface area contributed by atoms with Crippen molar-refractivity contribution in [3.63, 3.8) is 0 Å². The van der Waals surface area contributed by atoms with Crippen LogP contribution in [0, 0.1) is 5.41 Å². The molecule has 37 heavy (non-hydrogen) atoms. The summed E-state index contributed by atoms with van der Waals surface area (Å²) in [6.45, 7) is 13.8. The number of halogens is 2. The molecule has 0 radical (unpaired) electrons. The van der Waals surface area contributed by atoms with E-state index in [1.165, 1.54) is 0 Å². The number of aliphatic hydroxyl groups is 1. The van der Waals surface area contributed by atoms with Gasteiger partial charge in [-0.05, 0) is 60.7 Å². The lowest BCUT2D eigenvalue weighted by Gasteiger charge is -2.52. The van der Waals surface area contributed by atoms with E-state index in [4.69, 9.17) is 27.9 Å². The standard InChI is InChI=1S/C30H41Cl2NO3Si/c1-6-15-30(21-36-16-17-37(3,4)5)19-27(23-9-8-10-25(32)18-23)28(22-11-13-24(31)14-12-22)33(29(30)35)26(7-2)20-34/h6,8-14,18,26-28,34H,1,7,15-17,19-21H2,2-5H3/t26?,27-,28-,30+/m1/s1. The second-order valence-corrected chi connectivity index (χ2v) is 17.9. The highest BCUT2D eigenvalue weighted by molar-refractivity contribution is 6.76. The molecule has 0 spiro atoms. The van der Waals surface area contributed by atoms with Crippen LogP contribution in [0.3, 0.4) is 0 Å². The molecule has 202 valence electrons. The second-order valence-electron chi connectivity index (χ2n) is 11.5. The van der Waals surface area contributed by atoms with E-state index in [9.17, 15) is 9.90 Å². The summed E-state index contributed by atoms with van der Waals surface area (Å²) < 4.78 is 6.27. The van der Waals surface area contributed by atoms with Crippen LogP contribution in [0.15, 0.2) is 61.2 Å². The van der Waals surface area contributed by atoms with E-state index in [2.05, 4.69) is 32.3 Å². The Hall–Kier alpha value is -1.63. The number of allylic oxidation sites excluding steroid dienone is 1. The van der Waals surface area contributed by atoms with Crippen LogP contribution in [0.25, 0.3) is 0 Å². The Bertz CT molecular complexity index is 1050. The number of hydrogen-bond donors (Lipinski definition) is 1. The normalized spacial score (nSPS) is 23.2. The van der Waals surface area contributed by atoms with Gasteiger partial charge in [0.05, 0.1) is 30.7 Å². The fourth-order valence-corrected chi connectivity index (χ4v) is 6.46. The van der Waals surface area contributed by atoms with Crippen molar-refractivity contribution < 1.29 is 14.6 Å². The van der Waals surface area contributed by atoms with Gasteiger partial charge in [-0.15, -0.1) is 6.58 Å². The molecule has 0 saturated carbocycles. The maximum Gasteiger partial charge on any atom is 0.232 e. The quantitative estimate of drug-likeness (QED) is 0.164. The van der Waals surface area contributed by atoms with Gasteiger partial charge in [-0.25, -0.2) is 0 Å². The number of carbonyl (C=O) groups is 1. The largest absolute Gasteiger partial charge is 0.394 e. The lowest BCUT2D eigenvalue weighted by atomic mass is 9.66. The molecule has 2 aromatic rings. The van der Waals surface area contributed by atoms with Crippen LogP contribution in [0.2, 0.25) is 35.7 Å². The number of carbonyl (C=O) groups excluding carboxylic acids is 1. The Balaban J connectivity index is 2.14. The van der Waals surface area contributed by atoms with Crippen molar-refractivity contribution in [3.8, 4) is 0 Å². The number of rotatable bonds is 12. The summed E-state index contributed by atoms with van der Waals surface area (Å²) >= 11 is 12.7. The second kappa shape index (κ2) is 12.9. The first-order chi connectivity index (χ1) is 17.5. The number of piperidine rings is 1. The fraction of sp³-hybridized carbons (Fsp3) is 0.500. The van der Waals surface area contributed by atoms with E-state index in [0.29, 0.717) is 42.5 Å². The summed E-state index contributed by atoms with van der Waals surface area (Å²) in [5.41, 5.74) is 1.27. The zero-order chi connectivity index (χ0) is 27.2. The van der Waals surface area contributed by atoms with Crippen LogP contribution in [0.1, 0.15) is 49.3 Å². The van der Waals surface area contributed by atoms with Crippen molar-refractivity contribution in [2.75, 3.05) is 19.8 Å². The fourth-order valence-electron chi connectivity index (χ4n) is 5.38. The monoisotopic (exact) mass is 561 g/mol. The zero-order valence-electron chi connectivity index (χ0n) is 22.6. The van der Waals surface area contributed by atoms with E-state index in [1.54, 1.807) is 0 Å². The highest BCUT2D eigenvalue weighted by atomic mass is 35.5. The van der Waals surface area contributed by atoms with Crippen molar-refractivity contribution >= 4 is 37.2 Å². The van der Waals surface area contributed by atoms with Crippen molar-refractivity contribution in [2.45, 2.75) is 69.9 Å². The maximum absolute atomic E-state index is 14.5. The molecule has 1 unspecified atom stereocenters. The van der Waals surface area contributed by atoms with Gasteiger partial charge in [0, 0.05) is 30.6 Å². The first kappa shape index (κ1) is 29.9. The third-order valence-electron chi connectivity index (χ3n) is 7.45. The number of likely N-dealkylation sites (tertiary alicyclic amines) is 1. The average Bonchev–Trinajstić information content (AvgIpc) is 2.85. The minimum atomic E-state index is -1.28. The minimum absolute atomic E-state index is 0.0135. The zero-order valence-corrected chi connectivity index (χ0v) is 25.1. The van der Waals surface area contributed by atoms with Gasteiger partial charge in [0.2, 0.25) is 5.91 Å². The number of aliphatic hydroxyl groups excluding tert-OH is 1. The Labute approximate surface area is 233 Å². The first-order valence-corrected chi connectivity index (χ1v) is 17.6. The van der Waals surface area contributed by atoms with Crippen LogP contribution in [-0.4, -0.2) is 49.8 Å². The third-order valence-corrected chi connectivity index (χ3v) is 9.64. The van der Waals surface area contributed by atoms with Gasteiger partial charge >= 0.3 is 0 Å². The number of benzene rings is 2. The van der Waals surface area contributed by atoms with Gasteiger partial charge in [-0.1, -0.05) is 80.1 Å². The molecule has 1 fully saturated rings. The predicted octanol–water partition coefficient (Wildman–Crippen LogP) is 7.74. The highest BCUT2D eigenvalue weighted by Gasteiger charge is 2.53. The molecule has 1 heterocycles. The molecule has 1 aliphatic heterocycles. The molecule has 1 amide bonds. The van der Waals surface area contributed by atoms with E-state index in [-0.39, 0.29) is 30.5 Å². The summed E-state index contributed by atoms with van der Waals surface area (Å²) in [4.78, 5) is 16.4. The molecule has 0 aromatic heterocycles. The lowest BCUT2D eigenvalue weighted by molar-refractivity contribution is -0.162. The highest BCUT2D eigenvalue weighted by Crippen LogP contribution is 2.52. The van der Waals surface area contributed by atoms with Gasteiger partial charge in [0.15, 0.2) is 0 Å². The molecular weight excluding hydrogens is 521 g/mol. The van der Waals surface area contributed by atoms with Crippen molar-refractivity contribution in [2.24, 2.45) is 5.41 Å². The van der Waals surface area contributed by atoms with Crippen molar-refractivity contribution in [1.29, 1.82) is 0 Å². The Kier molecular flexibility index (Phi) is 10.5. The van der Waals surface area contributed by atoms with Crippen molar-refractivity contribution in [3.05, 3.63) is 82.4 Å². The summed E-state index contributed by atoms with van der Waals surface area (Å²) in [7, 11) is -1.28. The Morgan fingerprint density at radius 1 is 1.16 bits per heavy atom. The summed E-state index contributed by atoms with van der Waals surface area (Å²) in [5, 5.41) is 11.7. The van der Waals surface area contributed by atoms with Gasteiger partial charge in [-0.2, -0.15) is 0 Å². The van der Waals surface area contributed by atoms with Crippen LogP contribution in [-0.2, 0) is 9.53 Å². The molecular formula is C30H41Cl2NO3Si. The van der Waals surface area contributed by atoms with Crippen LogP contribution < -0.4 is 0 Å². The van der Waals surface area contributed by atoms with Crippen molar-refractivity contribution in [1.82, 2.24) is 4.90 Å². The molecule has 2 aromatic carbocycles. The van der Waals surface area contributed by atoms with Gasteiger partial charge in [0.1, 0.15) is 0 Å². The number of ether oxygens (including phenoxy) is 1. The topological polar surface area (TPSA) is 49.8 Å². The summed E-state index contributed by atoms with van der Waals surface area (Å²) in [6, 6.07) is 16.0. The Morgan fingerprint density at radius 3 is 2.43 bits per heavy atom. The SMILES string of the molecule is C=CC[C@@]1(COCC[Si](C)(C)C)C[C@H](c2cccc(Cl)c2)[C@@H](c2ccc(Cl)cc2)N(C(CC)CO)C1=O. The molecule has 0 aliphatic carbocycles. The van der Waals surface area contributed by atoms with E-state index >= 15 is 0 Å². The van der Waals surface area contributed by atoms with E-state index in [1.807, 2.05) is 60.4 Å². The molecule has 4 nitrogen and oxygen atoms in total. The lowest BCUT2D eigenvalue weighted by Crippen LogP contribution is -2.58. The Morgan fingerprint density at radius 2 is 1.86 bits per heavy atom. The molecule has 1 aliphatic rings. The van der Waals surface area contributed by atoms with E-state index < -0.39 is 13.5 Å². The number of hydrogen-bond acceptors (Lipinski definition) is 3. The van der Waals surface area contributed by atoms with Gasteiger partial charge in [-0.3, -0.25) is 4.79 Å². The molecule has 1 saturated heterocycles. The van der Waals surface area contributed by atoms with Crippen LogP contribution in [0.4, 0.5) is 0 Å². The summed E-state index contributed by atoms with van der Waals surface area (Å²) in [5.74, 6) is -0.0433. The van der Waals surface area contributed by atoms with Gasteiger partial charge in [0.25, 0.3) is 0 Å². The molecule has 7 heteroatoms. The first-order valence-electron chi connectivity index (χ1n) is 13.2. The number of nitrogens with zero attached hydrogens (tertiary/aromatic N) is 1. The molecule has 1 N–H and O–H groups in total. The summed E-state index contributed by atoms with van der Waals surface area (Å²) in [6.07, 6.45) is 3.56. The van der Waals surface area contributed by atoms with E-state index in [0.717, 1.165) is 17.2 Å². The molecule has 4 atom stereocenters. The molecule has 3 rings (SSSR count). The number of amides is 1. The predicted molar refractivity (Wildman–Crippen MR) is 157 cm³/mol. The van der Waals surface area contributed by atoms with Crippen LogP contribution in [0.5, 0.6) is 0 Å².